The predicted octanol–water partition coefficient (Wildman–Crippen LogP) is 11.1. The molecule has 0 fully saturated rings. The van der Waals surface area contributed by atoms with Crippen molar-refractivity contribution in [2.45, 2.75) is 118 Å². The van der Waals surface area contributed by atoms with E-state index < -0.39 is 108 Å². The minimum Gasteiger partial charge on any atom is -0.489 e. The summed E-state index contributed by atoms with van der Waals surface area (Å²) in [5.74, 6) is -6.83. The van der Waals surface area contributed by atoms with Gasteiger partial charge in [-0.15, -0.1) is 0 Å². The van der Waals surface area contributed by atoms with Gasteiger partial charge in [0.05, 0.1) is 56.8 Å². The molecule has 3 aromatic rings. The van der Waals surface area contributed by atoms with Gasteiger partial charge in [0.2, 0.25) is 0 Å². The van der Waals surface area contributed by atoms with Crippen LogP contribution in [0.2, 0.25) is 0 Å². The number of hydrogen-bond acceptors (Lipinski definition) is 21. The first-order chi connectivity index (χ1) is 44.7. The van der Waals surface area contributed by atoms with Crippen molar-refractivity contribution in [3.05, 3.63) is 164 Å². The van der Waals surface area contributed by atoms with Crippen molar-refractivity contribution < 1.29 is 100.0 Å². The van der Waals surface area contributed by atoms with Crippen LogP contribution in [-0.4, -0.2) is 133 Å². The SMILES string of the molecule is C=CC(=O)OCC(COc1ccccc1C)OC(=O)C1CC=CCC1C(=O)OC.C=CC(=O)OCC(COc1ccccc1C)OC(=O)C1CC=CCC1C(=O)OC.C=CC(=O)OCC(COc1ccccc1C)OC(=O)C1CC=CCC1C(=O)OC.CCC.CCC. The minimum absolute atomic E-state index is 0.00747. The van der Waals surface area contributed by atoms with E-state index in [0.717, 1.165) is 34.9 Å². The quantitative estimate of drug-likeness (QED) is 0.0297. The van der Waals surface area contributed by atoms with E-state index in [1.54, 1.807) is 18.2 Å². The Morgan fingerprint density at radius 2 is 0.570 bits per heavy atom. The second-order valence-corrected chi connectivity index (χ2v) is 21.4. The summed E-state index contributed by atoms with van der Waals surface area (Å²) in [4.78, 5) is 109. The third kappa shape index (κ3) is 29.7. The molecule has 0 radical (unpaired) electrons. The number of carbonyl (C=O) groups excluding carboxylic acids is 9. The number of benzene rings is 3. The van der Waals surface area contributed by atoms with Gasteiger partial charge < -0.3 is 56.8 Å². The van der Waals surface area contributed by atoms with E-state index in [1.807, 2.05) is 112 Å². The van der Waals surface area contributed by atoms with Crippen molar-refractivity contribution in [3.63, 3.8) is 0 Å². The van der Waals surface area contributed by atoms with Gasteiger partial charge in [-0.1, -0.05) is 151 Å². The van der Waals surface area contributed by atoms with Crippen LogP contribution in [0.1, 0.15) is 95.8 Å². The maximum atomic E-state index is 12.8. The van der Waals surface area contributed by atoms with Gasteiger partial charge in [0.25, 0.3) is 0 Å². The lowest BCUT2D eigenvalue weighted by Crippen LogP contribution is -2.38. The van der Waals surface area contributed by atoms with Gasteiger partial charge in [-0.25, -0.2) is 14.4 Å². The molecule has 0 saturated heterocycles. The fraction of sp³-hybridized carbons (Fsp3) is 0.458. The first-order valence-corrected chi connectivity index (χ1v) is 30.9. The Balaban J connectivity index is 0.000000455. The summed E-state index contributed by atoms with van der Waals surface area (Å²) in [5.41, 5.74) is 2.76. The molecule has 6 rings (SSSR count). The van der Waals surface area contributed by atoms with Gasteiger partial charge in [-0.05, 0) is 94.2 Å². The van der Waals surface area contributed by atoms with E-state index in [1.165, 1.54) is 34.2 Å². The number of aryl methyl sites for hydroxylation is 3. The zero-order chi connectivity index (χ0) is 69.1. The summed E-state index contributed by atoms with van der Waals surface area (Å²) in [7, 11) is 3.86. The van der Waals surface area contributed by atoms with Crippen LogP contribution in [0.25, 0.3) is 0 Å². The van der Waals surface area contributed by atoms with Crippen molar-refractivity contribution in [3.8, 4) is 17.2 Å². The molecule has 0 aromatic heterocycles. The Hall–Kier alpha value is -9.27. The largest absolute Gasteiger partial charge is 0.489 e. The number of allylic oxidation sites excluding steroid dienone is 6. The fourth-order valence-corrected chi connectivity index (χ4v) is 8.97. The van der Waals surface area contributed by atoms with Crippen LogP contribution in [0, 0.1) is 56.3 Å². The topological polar surface area (TPSA) is 264 Å². The summed E-state index contributed by atoms with van der Waals surface area (Å²) >= 11 is 0. The molecule has 508 valence electrons. The number of ether oxygens (including phenoxy) is 12. The lowest BCUT2D eigenvalue weighted by molar-refractivity contribution is -0.168. The number of hydrogen-bond donors (Lipinski definition) is 0. The molecule has 9 unspecified atom stereocenters. The first-order valence-electron chi connectivity index (χ1n) is 30.9. The Labute approximate surface area is 547 Å². The summed E-state index contributed by atoms with van der Waals surface area (Å²) < 4.78 is 63.4. The lowest BCUT2D eigenvalue weighted by atomic mass is 9.83. The normalized spacial score (nSPS) is 18.1. The van der Waals surface area contributed by atoms with Crippen LogP contribution in [0.3, 0.4) is 0 Å². The Bertz CT molecular complexity index is 2650. The highest BCUT2D eigenvalue weighted by atomic mass is 16.6. The molecule has 0 amide bonds. The maximum absolute atomic E-state index is 12.8. The van der Waals surface area contributed by atoms with Crippen molar-refractivity contribution in [2.75, 3.05) is 61.0 Å². The fourth-order valence-electron chi connectivity index (χ4n) is 8.97. The van der Waals surface area contributed by atoms with E-state index in [4.69, 9.17) is 56.8 Å². The molecule has 3 aliphatic carbocycles. The molecule has 93 heavy (non-hydrogen) atoms. The maximum Gasteiger partial charge on any atom is 0.330 e. The van der Waals surface area contributed by atoms with Crippen molar-refractivity contribution in [2.24, 2.45) is 35.5 Å². The van der Waals surface area contributed by atoms with Crippen LogP contribution in [0.5, 0.6) is 17.2 Å². The second-order valence-electron chi connectivity index (χ2n) is 21.4. The summed E-state index contributed by atoms with van der Waals surface area (Å²) in [6.07, 6.45) is 16.4. The average molecular weight is 1300 g/mol. The zero-order valence-electron chi connectivity index (χ0n) is 55.4. The number of rotatable bonds is 27. The molecule has 21 nitrogen and oxygen atoms in total. The molecule has 0 heterocycles. The molecule has 0 saturated carbocycles. The van der Waals surface area contributed by atoms with E-state index in [0.29, 0.717) is 55.8 Å². The van der Waals surface area contributed by atoms with Crippen LogP contribution in [0.4, 0.5) is 0 Å². The van der Waals surface area contributed by atoms with Gasteiger partial charge in [0, 0.05) is 18.2 Å². The molecule has 0 spiro atoms. The van der Waals surface area contributed by atoms with E-state index in [-0.39, 0.29) is 39.6 Å². The summed E-state index contributed by atoms with van der Waals surface area (Å²) in [5, 5.41) is 0. The third-order valence-electron chi connectivity index (χ3n) is 13.9. The molecular weight excluding hydrogens is 1200 g/mol. The van der Waals surface area contributed by atoms with Gasteiger partial charge in [0.1, 0.15) is 56.9 Å². The number of para-hydroxylation sites is 3. The molecule has 21 heteroatoms. The standard InChI is InChI=1S/3C22H26O7.2C3H8/c3*1-4-20(23)28-14-16(13-27-19-12-8-5-9-15(19)2)29-22(25)18-11-7-6-10-17(18)21(24)26-3;2*1-3-2/h3*4-9,12,16-18H,1,10-11,13-14H2,2-3H3;2*3H2,1-2H3. The summed E-state index contributed by atoms with van der Waals surface area (Å²) in [6.45, 7) is 23.6. The molecule has 0 N–H and O–H groups in total. The van der Waals surface area contributed by atoms with Gasteiger partial charge >= 0.3 is 53.7 Å². The Morgan fingerprint density at radius 1 is 0.366 bits per heavy atom. The van der Waals surface area contributed by atoms with Gasteiger partial charge in [-0.2, -0.15) is 0 Å². The molecule has 0 bridgehead atoms. The van der Waals surface area contributed by atoms with E-state index in [2.05, 4.69) is 47.4 Å². The second kappa shape index (κ2) is 45.9. The molecule has 3 aromatic carbocycles. The molecular formula is C72H94O21. The Morgan fingerprint density at radius 3 is 0.763 bits per heavy atom. The van der Waals surface area contributed by atoms with Crippen LogP contribution < -0.4 is 14.2 Å². The highest BCUT2D eigenvalue weighted by molar-refractivity contribution is 5.85. The van der Waals surface area contributed by atoms with E-state index >= 15 is 0 Å². The Kier molecular flexibility index (Phi) is 39.4. The van der Waals surface area contributed by atoms with Gasteiger partial charge in [0.15, 0.2) is 18.3 Å². The highest BCUT2D eigenvalue weighted by Crippen LogP contribution is 2.32. The molecule has 0 aliphatic heterocycles. The predicted molar refractivity (Wildman–Crippen MR) is 347 cm³/mol. The number of methoxy groups -OCH3 is 3. The third-order valence-corrected chi connectivity index (χ3v) is 13.9. The monoisotopic (exact) mass is 1290 g/mol. The van der Waals surface area contributed by atoms with Crippen LogP contribution >= 0.6 is 0 Å². The highest BCUT2D eigenvalue weighted by Gasteiger charge is 2.40. The van der Waals surface area contributed by atoms with Crippen molar-refractivity contribution >= 4 is 53.7 Å². The lowest BCUT2D eigenvalue weighted by Gasteiger charge is -2.27. The van der Waals surface area contributed by atoms with Gasteiger partial charge in [-0.3, -0.25) is 28.8 Å². The molecule has 9 atom stereocenters. The minimum atomic E-state index is -0.838. The smallest absolute Gasteiger partial charge is 0.330 e. The van der Waals surface area contributed by atoms with Crippen LogP contribution in [-0.2, 0) is 85.8 Å². The van der Waals surface area contributed by atoms with E-state index in [9.17, 15) is 43.2 Å². The van der Waals surface area contributed by atoms with Crippen LogP contribution in [0.15, 0.2) is 147 Å². The average Bonchev–Trinajstić information content (AvgIpc) is 1.35. The number of esters is 9. The first kappa shape index (κ1) is 79.8. The van der Waals surface area contributed by atoms with Crippen molar-refractivity contribution in [1.82, 2.24) is 0 Å². The summed E-state index contributed by atoms with van der Waals surface area (Å²) in [6, 6.07) is 22.2. The van der Waals surface area contributed by atoms with Crippen molar-refractivity contribution in [1.29, 1.82) is 0 Å². The number of carbonyl (C=O) groups is 9. The molecule has 3 aliphatic rings. The zero-order valence-corrected chi connectivity index (χ0v) is 55.4.